The standard InChI is InChI=1S/C45H40N2/c1-43(2,3)27-21-23-33-35(25-27)41-42-45(41)36-26-28(44(4,5)6)22-24-34(36)40-20-12-19-39(47(40)45)32-16-10-8-14-30(32)29-13-7-9-15-31(29)37-17-11-18-38(33)46(37)42/h7-26,41-42H,1-6H3/q+2/t41-,42?,45?/m0/s1. The Balaban J connectivity index is 1.43. The van der Waals surface area contributed by atoms with Crippen LogP contribution in [0.4, 0.5) is 0 Å². The first-order valence-electron chi connectivity index (χ1n) is 17.2. The summed E-state index contributed by atoms with van der Waals surface area (Å²) in [6, 6.07) is 47.1. The van der Waals surface area contributed by atoms with Crippen molar-refractivity contribution in [1.82, 2.24) is 0 Å². The van der Waals surface area contributed by atoms with Gasteiger partial charge in [0.15, 0.2) is 0 Å². The van der Waals surface area contributed by atoms with Gasteiger partial charge < -0.3 is 0 Å². The molecule has 1 saturated carbocycles. The second-order valence-corrected chi connectivity index (χ2v) is 16.2. The van der Waals surface area contributed by atoms with Crippen molar-refractivity contribution in [3.05, 3.63) is 144 Å². The summed E-state index contributed by atoms with van der Waals surface area (Å²) in [5, 5.41) is 0. The molecule has 0 amide bonds. The number of pyridine rings is 2. The van der Waals surface area contributed by atoms with Gasteiger partial charge in [-0.2, -0.15) is 9.13 Å². The third kappa shape index (κ3) is 3.36. The van der Waals surface area contributed by atoms with Crippen LogP contribution in [-0.2, 0) is 16.4 Å². The van der Waals surface area contributed by atoms with Crippen molar-refractivity contribution in [1.29, 1.82) is 0 Å². The molecule has 5 heterocycles. The molecular weight excluding hydrogens is 569 g/mol. The Morgan fingerprint density at radius 3 is 1.57 bits per heavy atom. The zero-order valence-corrected chi connectivity index (χ0v) is 28.1. The van der Waals surface area contributed by atoms with Crippen LogP contribution in [0.5, 0.6) is 0 Å². The summed E-state index contributed by atoms with van der Waals surface area (Å²) in [4.78, 5) is 0. The molecule has 10 rings (SSSR count). The number of rotatable bonds is 0. The van der Waals surface area contributed by atoms with Gasteiger partial charge in [-0.3, -0.25) is 0 Å². The van der Waals surface area contributed by atoms with E-state index >= 15 is 0 Å². The fraction of sp³-hybridized carbons (Fsp3) is 0.244. The maximum atomic E-state index is 2.78. The number of benzene rings is 4. The molecule has 2 heteroatoms. The summed E-state index contributed by atoms with van der Waals surface area (Å²) in [5.74, 6) is 0.289. The van der Waals surface area contributed by atoms with E-state index in [1.165, 1.54) is 78.4 Å². The van der Waals surface area contributed by atoms with E-state index in [0.29, 0.717) is 0 Å². The van der Waals surface area contributed by atoms with Crippen molar-refractivity contribution >= 4 is 0 Å². The van der Waals surface area contributed by atoms with Gasteiger partial charge in [0.2, 0.25) is 28.8 Å². The first-order chi connectivity index (χ1) is 22.6. The van der Waals surface area contributed by atoms with Crippen LogP contribution in [0.3, 0.4) is 0 Å². The zero-order chi connectivity index (χ0) is 32.0. The van der Waals surface area contributed by atoms with Crippen LogP contribution in [0, 0.1) is 0 Å². The monoisotopic (exact) mass is 608 g/mol. The fourth-order valence-electron chi connectivity index (χ4n) is 9.38. The molecule has 228 valence electrons. The van der Waals surface area contributed by atoms with Crippen molar-refractivity contribution in [3.63, 3.8) is 0 Å². The van der Waals surface area contributed by atoms with E-state index in [1.807, 2.05) is 0 Å². The topological polar surface area (TPSA) is 7.76 Å². The summed E-state index contributed by atoms with van der Waals surface area (Å²) in [5.41, 5.74) is 18.7. The molecule has 6 aromatic rings. The first-order valence-corrected chi connectivity index (χ1v) is 17.2. The van der Waals surface area contributed by atoms with Crippen LogP contribution in [-0.4, -0.2) is 0 Å². The predicted octanol–water partition coefficient (Wildman–Crippen LogP) is 9.91. The first kappa shape index (κ1) is 27.3. The maximum Gasteiger partial charge on any atom is 0.270 e. The maximum absolute atomic E-state index is 2.78. The molecule has 47 heavy (non-hydrogen) atoms. The van der Waals surface area contributed by atoms with Crippen LogP contribution in [0.15, 0.2) is 121 Å². The molecule has 2 nitrogen and oxygen atoms in total. The summed E-state index contributed by atoms with van der Waals surface area (Å²) < 4.78 is 5.52. The third-order valence-electron chi connectivity index (χ3n) is 11.6. The van der Waals surface area contributed by atoms with Gasteiger partial charge in [0.05, 0.1) is 22.3 Å². The molecular formula is C45H40N2+2. The van der Waals surface area contributed by atoms with Gasteiger partial charge in [0.1, 0.15) is 5.92 Å². The lowest BCUT2D eigenvalue weighted by Crippen LogP contribution is -2.53. The average molecular weight is 609 g/mol. The Hall–Kier alpha value is -4.82. The van der Waals surface area contributed by atoms with Crippen molar-refractivity contribution < 1.29 is 9.13 Å². The number of nitrogens with zero attached hydrogens (tertiary/aromatic N) is 2. The summed E-state index contributed by atoms with van der Waals surface area (Å²) >= 11 is 0. The largest absolute Gasteiger partial charge is 0.270 e. The van der Waals surface area contributed by atoms with Crippen molar-refractivity contribution in [2.24, 2.45) is 0 Å². The van der Waals surface area contributed by atoms with Crippen molar-refractivity contribution in [2.45, 2.75) is 69.9 Å². The van der Waals surface area contributed by atoms with Crippen LogP contribution in [0.2, 0.25) is 0 Å². The van der Waals surface area contributed by atoms with Gasteiger partial charge in [-0.1, -0.05) is 96.1 Å². The lowest BCUT2D eigenvalue weighted by Gasteiger charge is -2.22. The molecule has 0 saturated heterocycles. The van der Waals surface area contributed by atoms with Crippen LogP contribution in [0.25, 0.3) is 56.2 Å². The molecule has 2 aromatic heterocycles. The van der Waals surface area contributed by atoms with Gasteiger partial charge in [-0.25, -0.2) is 0 Å². The predicted molar refractivity (Wildman–Crippen MR) is 190 cm³/mol. The zero-order valence-electron chi connectivity index (χ0n) is 28.1. The number of hydrogen-bond acceptors (Lipinski definition) is 0. The van der Waals surface area contributed by atoms with E-state index in [1.54, 1.807) is 0 Å². The van der Waals surface area contributed by atoms with E-state index in [9.17, 15) is 0 Å². The van der Waals surface area contributed by atoms with Crippen LogP contribution < -0.4 is 9.13 Å². The lowest BCUT2D eigenvalue weighted by atomic mass is 9.82. The number of fused-ring (bicyclic) bond motifs is 10. The Morgan fingerprint density at radius 2 is 0.957 bits per heavy atom. The highest BCUT2D eigenvalue weighted by molar-refractivity contribution is 5.90. The highest BCUT2D eigenvalue weighted by Crippen LogP contribution is 2.72. The highest BCUT2D eigenvalue weighted by atomic mass is 15.3. The van der Waals surface area contributed by atoms with E-state index in [4.69, 9.17) is 0 Å². The van der Waals surface area contributed by atoms with Crippen molar-refractivity contribution in [2.75, 3.05) is 0 Å². The molecule has 3 atom stereocenters. The number of hydrogen-bond donors (Lipinski definition) is 0. The molecule has 2 unspecified atom stereocenters. The molecule has 1 fully saturated rings. The van der Waals surface area contributed by atoms with Gasteiger partial charge >= 0.3 is 0 Å². The summed E-state index contributed by atoms with van der Waals surface area (Å²) in [6.07, 6.45) is 0. The van der Waals surface area contributed by atoms with Gasteiger partial charge in [0.25, 0.3) is 5.54 Å². The minimum atomic E-state index is -0.265. The smallest absolute Gasteiger partial charge is 0.180 e. The lowest BCUT2D eigenvalue weighted by molar-refractivity contribution is -0.762. The molecule has 4 aliphatic rings. The molecule has 1 aliphatic carbocycles. The van der Waals surface area contributed by atoms with Crippen LogP contribution >= 0.6 is 0 Å². The number of aromatic nitrogens is 2. The molecule has 1 spiro atoms. The average Bonchev–Trinajstić information content (AvgIpc) is 3.68. The van der Waals surface area contributed by atoms with E-state index in [0.717, 1.165) is 0 Å². The Morgan fingerprint density at radius 1 is 0.468 bits per heavy atom. The molecule has 4 aromatic carbocycles. The van der Waals surface area contributed by atoms with E-state index in [-0.39, 0.29) is 28.3 Å². The van der Waals surface area contributed by atoms with E-state index in [2.05, 4.69) is 172 Å². The van der Waals surface area contributed by atoms with Gasteiger partial charge in [-0.05, 0) is 81.1 Å². The quantitative estimate of drug-likeness (QED) is 0.152. The minimum absolute atomic E-state index is 0.0447. The summed E-state index contributed by atoms with van der Waals surface area (Å²) in [7, 11) is 0. The normalized spacial score (nSPS) is 20.6. The highest BCUT2D eigenvalue weighted by Gasteiger charge is 2.87. The van der Waals surface area contributed by atoms with Gasteiger partial charge in [-0.15, -0.1) is 0 Å². The molecule has 0 N–H and O–H groups in total. The Kier molecular flexibility index (Phi) is 5.08. The SMILES string of the molecule is CC(C)(C)c1ccc2c(c1)[C@H]1C3[n+]4c(cccc4-2)-c2ccccc2-c2ccccc2-c2cccc4[n+]2C31c1cc(C(C)(C)C)ccc1-4. The van der Waals surface area contributed by atoms with E-state index < -0.39 is 0 Å². The molecule has 0 radical (unpaired) electrons. The minimum Gasteiger partial charge on any atom is -0.180 e. The van der Waals surface area contributed by atoms with Crippen molar-refractivity contribution in [3.8, 4) is 56.2 Å². The Labute approximate surface area is 278 Å². The second kappa shape index (κ2) is 8.75. The third-order valence-corrected chi connectivity index (χ3v) is 11.6. The van der Waals surface area contributed by atoms with Crippen LogP contribution in [0.1, 0.15) is 75.8 Å². The second-order valence-electron chi connectivity index (χ2n) is 16.2. The summed E-state index contributed by atoms with van der Waals surface area (Å²) in [6.45, 7) is 14.1. The molecule has 3 aliphatic heterocycles. The Bertz CT molecular complexity index is 2330. The molecule has 0 bridgehead atoms. The van der Waals surface area contributed by atoms with Gasteiger partial charge in [0, 0.05) is 29.8 Å². The fourth-order valence-corrected chi connectivity index (χ4v) is 9.38.